The molecular weight excluding hydrogens is 222 g/mol. The Morgan fingerprint density at radius 1 is 1.53 bits per heavy atom. The van der Waals surface area contributed by atoms with Crippen LogP contribution in [0.4, 0.5) is 0 Å². The summed E-state index contributed by atoms with van der Waals surface area (Å²) in [4.78, 5) is 29.0. The minimum atomic E-state index is -0.761. The Morgan fingerprint density at radius 2 is 2.35 bits per heavy atom. The maximum atomic E-state index is 11.6. The number of imidazole rings is 1. The second-order valence-corrected chi connectivity index (χ2v) is 4.31. The van der Waals surface area contributed by atoms with Gasteiger partial charge in [-0.1, -0.05) is 6.42 Å². The Morgan fingerprint density at radius 3 is 3.00 bits per heavy atom. The molecule has 3 N–H and O–H groups in total. The van der Waals surface area contributed by atoms with E-state index in [2.05, 4.69) is 15.3 Å². The molecule has 2 rings (SSSR count). The lowest BCUT2D eigenvalue weighted by Gasteiger charge is -2.15. The molecule has 1 fully saturated rings. The summed E-state index contributed by atoms with van der Waals surface area (Å²) >= 11 is 0. The summed E-state index contributed by atoms with van der Waals surface area (Å²) in [5.74, 6) is -1.28. The molecule has 6 nitrogen and oxygen atoms in total. The number of carboxylic acids is 1. The molecule has 0 bridgehead atoms. The predicted octanol–water partition coefficient (Wildman–Crippen LogP) is 0.640. The van der Waals surface area contributed by atoms with Crippen molar-refractivity contribution in [3.8, 4) is 0 Å². The predicted molar refractivity (Wildman–Crippen MR) is 59.4 cm³/mol. The van der Waals surface area contributed by atoms with Crippen LogP contribution in [-0.2, 0) is 4.79 Å². The molecule has 2 atom stereocenters. The molecular formula is C11H15N3O3. The van der Waals surface area contributed by atoms with Gasteiger partial charge in [-0.25, -0.2) is 4.98 Å². The molecule has 0 aliphatic heterocycles. The number of rotatable bonds is 4. The molecule has 1 saturated carbocycles. The average Bonchev–Trinajstić information content (AvgIpc) is 2.96. The highest BCUT2D eigenvalue weighted by molar-refractivity contribution is 5.91. The first-order valence-corrected chi connectivity index (χ1v) is 5.68. The van der Waals surface area contributed by atoms with Crippen molar-refractivity contribution in [3.63, 3.8) is 0 Å². The highest BCUT2D eigenvalue weighted by atomic mass is 16.4. The van der Waals surface area contributed by atoms with Gasteiger partial charge in [-0.2, -0.15) is 0 Å². The van der Waals surface area contributed by atoms with Crippen LogP contribution in [-0.4, -0.2) is 33.5 Å². The van der Waals surface area contributed by atoms with Crippen molar-refractivity contribution < 1.29 is 14.7 Å². The number of carboxylic acid groups (broad SMARTS) is 1. The molecule has 0 radical (unpaired) electrons. The van der Waals surface area contributed by atoms with E-state index in [4.69, 9.17) is 5.11 Å². The van der Waals surface area contributed by atoms with Gasteiger partial charge in [0.05, 0.1) is 18.4 Å². The Balaban J connectivity index is 1.86. The van der Waals surface area contributed by atoms with Crippen LogP contribution in [0.2, 0.25) is 0 Å². The zero-order valence-electron chi connectivity index (χ0n) is 9.35. The van der Waals surface area contributed by atoms with E-state index in [1.54, 1.807) is 0 Å². The smallest absolute Gasteiger partial charge is 0.306 e. The Hall–Kier alpha value is -1.85. The van der Waals surface area contributed by atoms with Crippen LogP contribution in [0.25, 0.3) is 0 Å². The van der Waals surface area contributed by atoms with E-state index in [1.807, 2.05) is 0 Å². The molecule has 1 heterocycles. The van der Waals surface area contributed by atoms with Crippen LogP contribution < -0.4 is 5.32 Å². The summed E-state index contributed by atoms with van der Waals surface area (Å²) < 4.78 is 0. The first kappa shape index (κ1) is 11.6. The highest BCUT2D eigenvalue weighted by Crippen LogP contribution is 2.31. The van der Waals surface area contributed by atoms with Crippen LogP contribution in [0.1, 0.15) is 29.8 Å². The molecule has 1 amide bonds. The van der Waals surface area contributed by atoms with Crippen molar-refractivity contribution in [3.05, 3.63) is 18.2 Å². The van der Waals surface area contributed by atoms with Gasteiger partial charge in [0.1, 0.15) is 5.69 Å². The minimum Gasteiger partial charge on any atom is -0.481 e. The van der Waals surface area contributed by atoms with Gasteiger partial charge in [0.25, 0.3) is 5.91 Å². The van der Waals surface area contributed by atoms with Crippen LogP contribution in [0.3, 0.4) is 0 Å². The zero-order chi connectivity index (χ0) is 12.3. The van der Waals surface area contributed by atoms with Gasteiger partial charge in [0, 0.05) is 6.54 Å². The Kier molecular flexibility index (Phi) is 3.41. The number of aliphatic carboxylic acids is 1. The van der Waals surface area contributed by atoms with Crippen LogP contribution in [0.5, 0.6) is 0 Å². The summed E-state index contributed by atoms with van der Waals surface area (Å²) in [6.45, 7) is 0.412. The highest BCUT2D eigenvalue weighted by Gasteiger charge is 2.32. The van der Waals surface area contributed by atoms with E-state index >= 15 is 0 Å². The van der Waals surface area contributed by atoms with Crippen molar-refractivity contribution in [1.29, 1.82) is 0 Å². The van der Waals surface area contributed by atoms with E-state index in [-0.39, 0.29) is 17.7 Å². The van der Waals surface area contributed by atoms with Gasteiger partial charge in [-0.15, -0.1) is 0 Å². The number of H-pyrrole nitrogens is 1. The van der Waals surface area contributed by atoms with Crippen molar-refractivity contribution >= 4 is 11.9 Å². The summed E-state index contributed by atoms with van der Waals surface area (Å²) in [5, 5.41) is 11.7. The second kappa shape index (κ2) is 4.99. The molecule has 1 aromatic rings. The van der Waals surface area contributed by atoms with Gasteiger partial charge in [0.15, 0.2) is 0 Å². The largest absolute Gasteiger partial charge is 0.481 e. The zero-order valence-corrected chi connectivity index (χ0v) is 9.35. The standard InChI is InChI=1S/C11H15N3O3/c15-10(9-5-12-6-14-9)13-4-7-2-1-3-8(7)11(16)17/h5-8H,1-4H2,(H,12,14)(H,13,15)(H,16,17). The molecule has 6 heteroatoms. The average molecular weight is 237 g/mol. The third kappa shape index (κ3) is 2.64. The van der Waals surface area contributed by atoms with Crippen LogP contribution in [0.15, 0.2) is 12.5 Å². The van der Waals surface area contributed by atoms with E-state index < -0.39 is 5.97 Å². The Labute approximate surface area is 98.4 Å². The fourth-order valence-corrected chi connectivity index (χ4v) is 2.31. The molecule has 92 valence electrons. The van der Waals surface area contributed by atoms with Crippen molar-refractivity contribution in [2.24, 2.45) is 11.8 Å². The number of amides is 1. The topological polar surface area (TPSA) is 95.1 Å². The lowest BCUT2D eigenvalue weighted by molar-refractivity contribution is -0.142. The Bertz CT molecular complexity index is 402. The first-order valence-electron chi connectivity index (χ1n) is 5.68. The third-order valence-electron chi connectivity index (χ3n) is 3.24. The summed E-state index contributed by atoms with van der Waals surface area (Å²) in [6, 6.07) is 0. The molecule has 0 spiro atoms. The number of hydrogen-bond donors (Lipinski definition) is 3. The van der Waals surface area contributed by atoms with E-state index in [1.165, 1.54) is 12.5 Å². The number of carbonyl (C=O) groups is 2. The lowest BCUT2D eigenvalue weighted by atomic mass is 9.96. The number of nitrogens with one attached hydrogen (secondary N) is 2. The second-order valence-electron chi connectivity index (χ2n) is 4.31. The monoisotopic (exact) mass is 237 g/mol. The number of hydrogen-bond acceptors (Lipinski definition) is 3. The lowest BCUT2D eigenvalue weighted by Crippen LogP contribution is -2.33. The van der Waals surface area contributed by atoms with Crippen molar-refractivity contribution in [2.75, 3.05) is 6.54 Å². The van der Waals surface area contributed by atoms with Gasteiger partial charge in [-0.3, -0.25) is 9.59 Å². The summed E-state index contributed by atoms with van der Waals surface area (Å²) in [5.41, 5.74) is 0.398. The molecule has 0 aromatic carbocycles. The van der Waals surface area contributed by atoms with Gasteiger partial charge in [-0.05, 0) is 18.8 Å². The van der Waals surface area contributed by atoms with E-state index in [9.17, 15) is 9.59 Å². The van der Waals surface area contributed by atoms with E-state index in [0.717, 1.165) is 12.8 Å². The molecule has 2 unspecified atom stereocenters. The normalized spacial score (nSPS) is 23.5. The number of carbonyl (C=O) groups excluding carboxylic acids is 1. The quantitative estimate of drug-likeness (QED) is 0.716. The van der Waals surface area contributed by atoms with Gasteiger partial charge < -0.3 is 15.4 Å². The maximum absolute atomic E-state index is 11.6. The van der Waals surface area contributed by atoms with E-state index in [0.29, 0.717) is 18.7 Å². The molecule has 1 aliphatic carbocycles. The summed E-state index contributed by atoms with van der Waals surface area (Å²) in [7, 11) is 0. The third-order valence-corrected chi connectivity index (χ3v) is 3.24. The fraction of sp³-hybridized carbons (Fsp3) is 0.545. The number of aromatic nitrogens is 2. The summed E-state index contributed by atoms with van der Waals surface area (Å²) in [6.07, 6.45) is 5.37. The maximum Gasteiger partial charge on any atom is 0.306 e. The SMILES string of the molecule is O=C(NCC1CCCC1C(=O)O)c1cnc[nH]1. The molecule has 1 aliphatic rings. The fourth-order valence-electron chi connectivity index (χ4n) is 2.31. The van der Waals surface area contributed by atoms with Crippen molar-refractivity contribution in [1.82, 2.24) is 15.3 Å². The van der Waals surface area contributed by atoms with Crippen molar-refractivity contribution in [2.45, 2.75) is 19.3 Å². The first-order chi connectivity index (χ1) is 8.18. The van der Waals surface area contributed by atoms with Gasteiger partial charge >= 0.3 is 5.97 Å². The molecule has 1 aromatic heterocycles. The van der Waals surface area contributed by atoms with Crippen LogP contribution >= 0.6 is 0 Å². The van der Waals surface area contributed by atoms with Crippen LogP contribution in [0, 0.1) is 11.8 Å². The molecule has 17 heavy (non-hydrogen) atoms. The van der Waals surface area contributed by atoms with Gasteiger partial charge in [0.2, 0.25) is 0 Å². The number of nitrogens with zero attached hydrogens (tertiary/aromatic N) is 1. The minimum absolute atomic E-state index is 0.0411. The number of aromatic amines is 1. The molecule has 0 saturated heterocycles.